The third-order valence-corrected chi connectivity index (χ3v) is 3.44. The van der Waals surface area contributed by atoms with Crippen molar-refractivity contribution in [1.82, 2.24) is 15.2 Å². The predicted octanol–water partition coefficient (Wildman–Crippen LogP) is 1.88. The molecule has 0 radical (unpaired) electrons. The van der Waals surface area contributed by atoms with E-state index in [2.05, 4.69) is 46.4 Å². The third kappa shape index (κ3) is 2.35. The van der Waals surface area contributed by atoms with Gasteiger partial charge in [0.05, 0.1) is 0 Å². The molecule has 0 atom stereocenters. The van der Waals surface area contributed by atoms with Crippen molar-refractivity contribution in [2.45, 2.75) is 13.5 Å². The lowest BCUT2D eigenvalue weighted by atomic mass is 10.1. The smallest absolute Gasteiger partial charge is 0.0456 e. The Morgan fingerprint density at radius 1 is 1.18 bits per heavy atom. The van der Waals surface area contributed by atoms with Crippen LogP contribution in [0.1, 0.15) is 11.3 Å². The van der Waals surface area contributed by atoms with Gasteiger partial charge in [-0.15, -0.1) is 0 Å². The summed E-state index contributed by atoms with van der Waals surface area (Å²) < 4.78 is 0. The summed E-state index contributed by atoms with van der Waals surface area (Å²) in [7, 11) is 0. The molecule has 0 amide bonds. The molecule has 0 unspecified atom stereocenters. The summed E-state index contributed by atoms with van der Waals surface area (Å²) in [5, 5.41) is 4.72. The van der Waals surface area contributed by atoms with E-state index in [1.165, 1.54) is 22.2 Å². The van der Waals surface area contributed by atoms with Crippen LogP contribution in [0.2, 0.25) is 0 Å². The Labute approximate surface area is 102 Å². The van der Waals surface area contributed by atoms with Crippen molar-refractivity contribution in [1.29, 1.82) is 0 Å². The Balaban J connectivity index is 1.79. The Morgan fingerprint density at radius 2 is 2.00 bits per heavy atom. The highest BCUT2D eigenvalue weighted by Gasteiger charge is 2.10. The number of hydrogen-bond acceptors (Lipinski definition) is 2. The summed E-state index contributed by atoms with van der Waals surface area (Å²) in [5.41, 5.74) is 3.89. The van der Waals surface area contributed by atoms with E-state index in [9.17, 15) is 0 Å². The molecule has 1 aromatic carbocycles. The zero-order valence-electron chi connectivity index (χ0n) is 10.3. The number of nitrogens with zero attached hydrogens (tertiary/aromatic N) is 1. The lowest BCUT2D eigenvalue weighted by Crippen LogP contribution is -2.42. The maximum absolute atomic E-state index is 3.39. The van der Waals surface area contributed by atoms with Crippen LogP contribution in [-0.2, 0) is 6.54 Å². The minimum Gasteiger partial charge on any atom is -0.359 e. The van der Waals surface area contributed by atoms with Crippen molar-refractivity contribution in [3.63, 3.8) is 0 Å². The highest BCUT2D eigenvalue weighted by Crippen LogP contribution is 2.18. The number of aromatic nitrogens is 1. The number of piperazine rings is 1. The van der Waals surface area contributed by atoms with Gasteiger partial charge >= 0.3 is 0 Å². The van der Waals surface area contributed by atoms with Crippen molar-refractivity contribution in [2.24, 2.45) is 0 Å². The van der Waals surface area contributed by atoms with Gasteiger partial charge in [0.2, 0.25) is 0 Å². The molecule has 90 valence electrons. The van der Waals surface area contributed by atoms with Gasteiger partial charge in [0, 0.05) is 43.9 Å². The fourth-order valence-electron chi connectivity index (χ4n) is 2.55. The second kappa shape index (κ2) is 4.51. The molecular formula is C14H19N3. The van der Waals surface area contributed by atoms with Crippen LogP contribution >= 0.6 is 0 Å². The van der Waals surface area contributed by atoms with Crippen LogP contribution in [0, 0.1) is 6.92 Å². The molecule has 1 aliphatic rings. The number of rotatable bonds is 2. The lowest BCUT2D eigenvalue weighted by molar-refractivity contribution is 0.233. The standard InChI is InChI=1S/C14H19N3/c1-11-8-13-9-12(2-3-14(13)16-11)10-17-6-4-15-5-7-17/h2-3,8-9,15-16H,4-7,10H2,1H3. The maximum Gasteiger partial charge on any atom is 0.0456 e. The predicted molar refractivity (Wildman–Crippen MR) is 71.2 cm³/mol. The largest absolute Gasteiger partial charge is 0.359 e. The van der Waals surface area contributed by atoms with Crippen molar-refractivity contribution in [3.05, 3.63) is 35.5 Å². The van der Waals surface area contributed by atoms with E-state index in [0.717, 1.165) is 32.7 Å². The Hall–Kier alpha value is -1.32. The first-order valence-electron chi connectivity index (χ1n) is 6.32. The maximum atomic E-state index is 3.39. The molecule has 1 fully saturated rings. The van der Waals surface area contributed by atoms with Crippen molar-refractivity contribution in [3.8, 4) is 0 Å². The minimum absolute atomic E-state index is 1.07. The first-order valence-corrected chi connectivity index (χ1v) is 6.32. The van der Waals surface area contributed by atoms with Crippen LogP contribution in [-0.4, -0.2) is 36.1 Å². The number of benzene rings is 1. The quantitative estimate of drug-likeness (QED) is 0.824. The average Bonchev–Trinajstić information content (AvgIpc) is 2.70. The van der Waals surface area contributed by atoms with Crippen LogP contribution in [0.15, 0.2) is 24.3 Å². The van der Waals surface area contributed by atoms with Gasteiger partial charge in [-0.05, 0) is 36.1 Å². The van der Waals surface area contributed by atoms with Gasteiger partial charge in [-0.25, -0.2) is 0 Å². The van der Waals surface area contributed by atoms with E-state index in [4.69, 9.17) is 0 Å². The monoisotopic (exact) mass is 229 g/mol. The van der Waals surface area contributed by atoms with Gasteiger partial charge in [-0.2, -0.15) is 0 Å². The molecule has 0 saturated carbocycles. The molecule has 0 bridgehead atoms. The van der Waals surface area contributed by atoms with Crippen molar-refractivity contribution in [2.75, 3.05) is 26.2 Å². The average molecular weight is 229 g/mol. The molecular weight excluding hydrogens is 210 g/mol. The molecule has 3 nitrogen and oxygen atoms in total. The van der Waals surface area contributed by atoms with Gasteiger partial charge in [0.25, 0.3) is 0 Å². The van der Waals surface area contributed by atoms with Crippen LogP contribution in [0.25, 0.3) is 10.9 Å². The summed E-state index contributed by atoms with van der Waals surface area (Å²) in [5.74, 6) is 0. The first-order chi connectivity index (χ1) is 8.31. The van der Waals surface area contributed by atoms with E-state index >= 15 is 0 Å². The third-order valence-electron chi connectivity index (χ3n) is 3.44. The molecule has 0 spiro atoms. The zero-order chi connectivity index (χ0) is 11.7. The first kappa shape index (κ1) is 10.8. The van der Waals surface area contributed by atoms with Gasteiger partial charge in [0.1, 0.15) is 0 Å². The Morgan fingerprint density at radius 3 is 2.82 bits per heavy atom. The number of hydrogen-bond donors (Lipinski definition) is 2. The number of H-pyrrole nitrogens is 1. The number of nitrogens with one attached hydrogen (secondary N) is 2. The Kier molecular flexibility index (Phi) is 2.87. The fraction of sp³-hybridized carbons (Fsp3) is 0.429. The van der Waals surface area contributed by atoms with Crippen LogP contribution in [0.3, 0.4) is 0 Å². The topological polar surface area (TPSA) is 31.1 Å². The highest BCUT2D eigenvalue weighted by molar-refractivity contribution is 5.81. The van der Waals surface area contributed by atoms with Gasteiger partial charge in [-0.3, -0.25) is 4.90 Å². The molecule has 17 heavy (non-hydrogen) atoms. The second-order valence-electron chi connectivity index (χ2n) is 4.90. The van der Waals surface area contributed by atoms with Gasteiger partial charge in [0.15, 0.2) is 0 Å². The van der Waals surface area contributed by atoms with Crippen LogP contribution < -0.4 is 5.32 Å². The molecule has 2 heterocycles. The van der Waals surface area contributed by atoms with Crippen molar-refractivity contribution >= 4 is 10.9 Å². The zero-order valence-corrected chi connectivity index (χ0v) is 10.3. The summed E-state index contributed by atoms with van der Waals surface area (Å²) in [6.45, 7) is 7.73. The molecule has 3 heteroatoms. The number of aryl methyl sites for hydroxylation is 1. The molecule has 2 N–H and O–H groups in total. The van der Waals surface area contributed by atoms with Crippen molar-refractivity contribution < 1.29 is 0 Å². The normalized spacial score (nSPS) is 17.7. The number of aromatic amines is 1. The second-order valence-corrected chi connectivity index (χ2v) is 4.90. The summed E-state index contributed by atoms with van der Waals surface area (Å²) in [6, 6.07) is 8.96. The summed E-state index contributed by atoms with van der Waals surface area (Å²) in [4.78, 5) is 5.88. The minimum atomic E-state index is 1.07. The molecule has 1 saturated heterocycles. The summed E-state index contributed by atoms with van der Waals surface area (Å²) >= 11 is 0. The van der Waals surface area contributed by atoms with E-state index in [0.29, 0.717) is 0 Å². The van der Waals surface area contributed by atoms with Gasteiger partial charge < -0.3 is 10.3 Å². The lowest BCUT2D eigenvalue weighted by Gasteiger charge is -2.27. The van der Waals surface area contributed by atoms with E-state index in [-0.39, 0.29) is 0 Å². The van der Waals surface area contributed by atoms with Crippen LogP contribution in [0.5, 0.6) is 0 Å². The van der Waals surface area contributed by atoms with Crippen LogP contribution in [0.4, 0.5) is 0 Å². The van der Waals surface area contributed by atoms with E-state index < -0.39 is 0 Å². The molecule has 2 aromatic rings. The summed E-state index contributed by atoms with van der Waals surface area (Å²) in [6.07, 6.45) is 0. The van der Waals surface area contributed by atoms with E-state index in [1.54, 1.807) is 0 Å². The molecule has 0 aliphatic carbocycles. The molecule has 1 aromatic heterocycles. The number of fused-ring (bicyclic) bond motifs is 1. The van der Waals surface area contributed by atoms with E-state index in [1.807, 2.05) is 0 Å². The van der Waals surface area contributed by atoms with Gasteiger partial charge in [-0.1, -0.05) is 6.07 Å². The highest BCUT2D eigenvalue weighted by atomic mass is 15.2. The molecule has 1 aliphatic heterocycles. The Bertz CT molecular complexity index is 509. The fourth-order valence-corrected chi connectivity index (χ4v) is 2.55. The SMILES string of the molecule is Cc1cc2cc(CN3CCNCC3)ccc2[nH]1. The molecule has 3 rings (SSSR count).